The van der Waals surface area contributed by atoms with Crippen LogP contribution in [0.3, 0.4) is 0 Å². The summed E-state index contributed by atoms with van der Waals surface area (Å²) < 4.78 is 0. The van der Waals surface area contributed by atoms with Crippen LogP contribution in [0.15, 0.2) is 41.4 Å². The van der Waals surface area contributed by atoms with Crippen LogP contribution >= 0.6 is 23.2 Å². The van der Waals surface area contributed by atoms with Gasteiger partial charge in [-0.05, 0) is 50.2 Å². The average molecular weight is 347 g/mol. The van der Waals surface area contributed by atoms with Crippen LogP contribution in [-0.4, -0.2) is 21.8 Å². The van der Waals surface area contributed by atoms with Gasteiger partial charge in [-0.2, -0.15) is 0 Å². The number of imidazole rings is 1. The molecule has 23 heavy (non-hydrogen) atoms. The molecule has 0 spiro atoms. The van der Waals surface area contributed by atoms with E-state index in [2.05, 4.69) is 15.0 Å². The van der Waals surface area contributed by atoms with Gasteiger partial charge in [0.05, 0.1) is 11.0 Å². The molecular weight excluding hydrogens is 331 g/mol. The zero-order valence-electron chi connectivity index (χ0n) is 12.8. The normalized spacial score (nSPS) is 12.3. The van der Waals surface area contributed by atoms with Gasteiger partial charge in [-0.15, -0.1) is 0 Å². The number of rotatable bonds is 3. The maximum absolute atomic E-state index is 6.06. The summed E-state index contributed by atoms with van der Waals surface area (Å²) >= 11 is 12.1. The summed E-state index contributed by atoms with van der Waals surface area (Å²) in [5.41, 5.74) is 9.46. The lowest BCUT2D eigenvalue weighted by atomic mass is 10.2. The van der Waals surface area contributed by atoms with Gasteiger partial charge < -0.3 is 10.7 Å². The van der Waals surface area contributed by atoms with E-state index in [9.17, 15) is 0 Å². The van der Waals surface area contributed by atoms with Gasteiger partial charge in [0.2, 0.25) is 0 Å². The summed E-state index contributed by atoms with van der Waals surface area (Å²) in [5, 5.41) is 1.14. The van der Waals surface area contributed by atoms with Crippen molar-refractivity contribution in [2.75, 3.05) is 0 Å². The van der Waals surface area contributed by atoms with Gasteiger partial charge in [0, 0.05) is 27.2 Å². The van der Waals surface area contributed by atoms with E-state index in [1.165, 1.54) is 0 Å². The number of aromatic nitrogens is 2. The van der Waals surface area contributed by atoms with Crippen LogP contribution in [0, 0.1) is 0 Å². The number of nitrogens with two attached hydrogens (primary N) is 1. The molecule has 3 N–H and O–H groups in total. The number of fused-ring (bicyclic) bond motifs is 1. The molecule has 0 fully saturated rings. The van der Waals surface area contributed by atoms with E-state index >= 15 is 0 Å². The van der Waals surface area contributed by atoms with Gasteiger partial charge in [0.25, 0.3) is 0 Å². The molecule has 0 amide bonds. The zero-order chi connectivity index (χ0) is 16.6. The van der Waals surface area contributed by atoms with Crippen LogP contribution in [0.1, 0.15) is 19.4 Å². The van der Waals surface area contributed by atoms with E-state index in [1.807, 2.05) is 44.2 Å². The van der Waals surface area contributed by atoms with Crippen molar-refractivity contribution in [2.24, 2.45) is 10.7 Å². The molecule has 1 aromatic heterocycles. The Morgan fingerprint density at radius 2 is 1.83 bits per heavy atom. The first-order valence-corrected chi connectivity index (χ1v) is 7.98. The fraction of sp³-hybridized carbons (Fsp3) is 0.176. The summed E-state index contributed by atoms with van der Waals surface area (Å²) in [6.07, 6.45) is 0. The first kappa shape index (κ1) is 15.8. The molecule has 2 aromatic carbocycles. The number of benzene rings is 2. The minimum atomic E-state index is 0.150. The molecule has 0 aliphatic heterocycles. The van der Waals surface area contributed by atoms with Gasteiger partial charge in [0.15, 0.2) is 0 Å². The third-order valence-corrected chi connectivity index (χ3v) is 3.75. The highest BCUT2D eigenvalue weighted by atomic mass is 35.5. The van der Waals surface area contributed by atoms with E-state index in [-0.39, 0.29) is 6.04 Å². The largest absolute Gasteiger partial charge is 0.383 e. The molecular formula is C17H16Cl2N4. The zero-order valence-corrected chi connectivity index (χ0v) is 14.3. The van der Waals surface area contributed by atoms with E-state index in [0.717, 1.165) is 22.2 Å². The first-order valence-electron chi connectivity index (χ1n) is 7.22. The fourth-order valence-corrected chi connectivity index (χ4v) is 2.87. The number of halogens is 2. The van der Waals surface area contributed by atoms with Crippen molar-refractivity contribution < 1.29 is 0 Å². The first-order chi connectivity index (χ1) is 10.9. The quantitative estimate of drug-likeness (QED) is 0.535. The molecule has 3 rings (SSSR count). The molecule has 0 unspecified atom stereocenters. The van der Waals surface area contributed by atoms with Crippen molar-refractivity contribution in [3.63, 3.8) is 0 Å². The van der Waals surface area contributed by atoms with Gasteiger partial charge in [0.1, 0.15) is 11.7 Å². The standard InChI is InChI=1S/C17H16Cl2N4/c1-9(2)21-16(20)10-3-4-14-15(7-10)23-17(22-14)11-5-12(18)8-13(19)6-11/h3-9H,1-2H3,(H2,20,21)(H,22,23). The molecule has 4 nitrogen and oxygen atoms in total. The molecule has 3 aromatic rings. The highest BCUT2D eigenvalue weighted by molar-refractivity contribution is 6.35. The predicted molar refractivity (Wildman–Crippen MR) is 97.4 cm³/mol. The van der Waals surface area contributed by atoms with Crippen molar-refractivity contribution in [3.8, 4) is 11.4 Å². The number of aliphatic imine (C=N–C) groups is 1. The highest BCUT2D eigenvalue weighted by Crippen LogP contribution is 2.27. The lowest BCUT2D eigenvalue weighted by Crippen LogP contribution is -2.15. The number of H-pyrrole nitrogens is 1. The van der Waals surface area contributed by atoms with Crippen molar-refractivity contribution in [3.05, 3.63) is 52.0 Å². The number of hydrogen-bond donors (Lipinski definition) is 2. The van der Waals surface area contributed by atoms with Gasteiger partial charge in [-0.1, -0.05) is 23.2 Å². The van der Waals surface area contributed by atoms with Crippen molar-refractivity contribution in [1.29, 1.82) is 0 Å². The second kappa shape index (κ2) is 6.22. The molecule has 0 bridgehead atoms. The molecule has 118 valence electrons. The third kappa shape index (κ3) is 3.49. The summed E-state index contributed by atoms with van der Waals surface area (Å²) in [4.78, 5) is 12.2. The lowest BCUT2D eigenvalue weighted by Gasteiger charge is -2.03. The topological polar surface area (TPSA) is 67.1 Å². The second-order valence-corrected chi connectivity index (χ2v) is 6.46. The Hall–Kier alpha value is -2.04. The van der Waals surface area contributed by atoms with E-state index in [4.69, 9.17) is 28.9 Å². The van der Waals surface area contributed by atoms with Crippen LogP contribution in [-0.2, 0) is 0 Å². The van der Waals surface area contributed by atoms with Crippen LogP contribution in [0.25, 0.3) is 22.4 Å². The Morgan fingerprint density at radius 1 is 1.13 bits per heavy atom. The smallest absolute Gasteiger partial charge is 0.138 e. The molecule has 0 saturated carbocycles. The number of hydrogen-bond acceptors (Lipinski definition) is 2. The van der Waals surface area contributed by atoms with E-state index in [0.29, 0.717) is 21.7 Å². The number of nitrogens with one attached hydrogen (secondary N) is 1. The number of aromatic amines is 1. The van der Waals surface area contributed by atoms with Gasteiger partial charge >= 0.3 is 0 Å². The van der Waals surface area contributed by atoms with Crippen molar-refractivity contribution >= 4 is 40.1 Å². The molecule has 0 aliphatic carbocycles. The van der Waals surface area contributed by atoms with E-state index < -0.39 is 0 Å². The van der Waals surface area contributed by atoms with Crippen LogP contribution in [0.2, 0.25) is 10.0 Å². The average Bonchev–Trinajstić information content (AvgIpc) is 2.88. The molecule has 0 radical (unpaired) electrons. The molecule has 6 heteroatoms. The minimum absolute atomic E-state index is 0.150. The summed E-state index contributed by atoms with van der Waals surface area (Å²) in [6.45, 7) is 3.98. The van der Waals surface area contributed by atoms with Crippen molar-refractivity contribution in [1.82, 2.24) is 9.97 Å². The fourth-order valence-electron chi connectivity index (χ4n) is 2.35. The summed E-state index contributed by atoms with van der Waals surface area (Å²) in [6, 6.07) is 11.3. The van der Waals surface area contributed by atoms with Crippen LogP contribution in [0.5, 0.6) is 0 Å². The lowest BCUT2D eigenvalue weighted by molar-refractivity contribution is 0.834. The molecule has 1 heterocycles. The van der Waals surface area contributed by atoms with Gasteiger partial charge in [-0.25, -0.2) is 4.98 Å². The number of nitrogens with zero attached hydrogens (tertiary/aromatic N) is 2. The van der Waals surface area contributed by atoms with Gasteiger partial charge in [-0.3, -0.25) is 4.99 Å². The summed E-state index contributed by atoms with van der Waals surface area (Å²) in [5.74, 6) is 1.23. The second-order valence-electron chi connectivity index (χ2n) is 5.58. The highest BCUT2D eigenvalue weighted by Gasteiger charge is 2.09. The summed E-state index contributed by atoms with van der Waals surface area (Å²) in [7, 11) is 0. The molecule has 0 atom stereocenters. The Bertz CT molecular complexity index is 876. The van der Waals surface area contributed by atoms with Crippen molar-refractivity contribution in [2.45, 2.75) is 19.9 Å². The van der Waals surface area contributed by atoms with Crippen LogP contribution < -0.4 is 5.73 Å². The number of amidine groups is 1. The Balaban J connectivity index is 2.05. The predicted octanol–water partition coefficient (Wildman–Crippen LogP) is 4.65. The van der Waals surface area contributed by atoms with Crippen LogP contribution in [0.4, 0.5) is 0 Å². The Labute approximate surface area is 144 Å². The molecule has 0 aliphatic rings. The maximum Gasteiger partial charge on any atom is 0.138 e. The monoisotopic (exact) mass is 346 g/mol. The Morgan fingerprint density at radius 3 is 2.48 bits per heavy atom. The minimum Gasteiger partial charge on any atom is -0.383 e. The third-order valence-electron chi connectivity index (χ3n) is 3.31. The van der Waals surface area contributed by atoms with E-state index in [1.54, 1.807) is 6.07 Å². The SMILES string of the molecule is CC(C)N=C(N)c1ccc2nc(-c3cc(Cl)cc(Cl)c3)[nH]c2c1. The molecule has 0 saturated heterocycles. The maximum atomic E-state index is 6.06. The Kier molecular flexibility index (Phi) is 4.28.